The van der Waals surface area contributed by atoms with Gasteiger partial charge in [0, 0.05) is 17.9 Å². The van der Waals surface area contributed by atoms with Crippen LogP contribution in [0.1, 0.15) is 37.8 Å². The number of ether oxygens (including phenoxy) is 1. The fourth-order valence-corrected chi connectivity index (χ4v) is 2.53. The average Bonchev–Trinajstić information content (AvgIpc) is 2.33. The molecule has 1 aliphatic carbocycles. The summed E-state index contributed by atoms with van der Waals surface area (Å²) in [5, 5.41) is 0. The molecule has 1 aromatic carbocycles. The quantitative estimate of drug-likeness (QED) is 0.870. The summed E-state index contributed by atoms with van der Waals surface area (Å²) >= 11 is 0. The molecule has 0 amide bonds. The highest BCUT2D eigenvalue weighted by molar-refractivity contribution is 5.38. The zero-order chi connectivity index (χ0) is 12.6. The van der Waals surface area contributed by atoms with Gasteiger partial charge in [-0.3, -0.25) is 0 Å². The maximum absolute atomic E-state index is 6.16. The monoisotopic (exact) mass is 233 g/mol. The Morgan fingerprint density at radius 1 is 1.41 bits per heavy atom. The Bertz CT molecular complexity index is 415. The van der Waals surface area contributed by atoms with Crippen LogP contribution >= 0.6 is 0 Å². The highest BCUT2D eigenvalue weighted by Gasteiger charge is 2.50. The third-order valence-corrected chi connectivity index (χ3v) is 4.64. The van der Waals surface area contributed by atoms with Gasteiger partial charge < -0.3 is 10.5 Å². The van der Waals surface area contributed by atoms with Crippen molar-refractivity contribution in [3.8, 4) is 5.75 Å². The lowest BCUT2D eigenvalue weighted by Crippen LogP contribution is -2.61. The van der Waals surface area contributed by atoms with E-state index < -0.39 is 0 Å². The van der Waals surface area contributed by atoms with Crippen molar-refractivity contribution < 1.29 is 4.74 Å². The average molecular weight is 233 g/mol. The Morgan fingerprint density at radius 3 is 2.71 bits per heavy atom. The molecule has 1 saturated carbocycles. The number of nitrogens with two attached hydrogens (primary N) is 1. The van der Waals surface area contributed by atoms with Crippen LogP contribution in [0.25, 0.3) is 0 Å². The topological polar surface area (TPSA) is 35.2 Å². The summed E-state index contributed by atoms with van der Waals surface area (Å²) < 4.78 is 6.16. The molecule has 3 atom stereocenters. The van der Waals surface area contributed by atoms with Gasteiger partial charge in [0.2, 0.25) is 0 Å². The fraction of sp³-hybridized carbons (Fsp3) is 0.600. The van der Waals surface area contributed by atoms with Gasteiger partial charge in [0.25, 0.3) is 0 Å². The van der Waals surface area contributed by atoms with Crippen LogP contribution < -0.4 is 10.5 Å². The van der Waals surface area contributed by atoms with Crippen molar-refractivity contribution in [3.05, 3.63) is 29.3 Å². The van der Waals surface area contributed by atoms with Crippen molar-refractivity contribution in [1.82, 2.24) is 0 Å². The summed E-state index contributed by atoms with van der Waals surface area (Å²) in [5.41, 5.74) is 8.76. The molecule has 1 aliphatic rings. The van der Waals surface area contributed by atoms with E-state index in [-0.39, 0.29) is 17.6 Å². The van der Waals surface area contributed by atoms with Crippen LogP contribution in [-0.2, 0) is 0 Å². The van der Waals surface area contributed by atoms with Crippen LogP contribution in [0, 0.1) is 19.3 Å². The van der Waals surface area contributed by atoms with Gasteiger partial charge in [-0.05, 0) is 37.5 Å². The smallest absolute Gasteiger partial charge is 0.122 e. The minimum atomic E-state index is 0.135. The Kier molecular flexibility index (Phi) is 3.17. The second-order valence-electron chi connectivity index (χ2n) is 5.51. The van der Waals surface area contributed by atoms with Crippen molar-refractivity contribution >= 4 is 0 Å². The van der Waals surface area contributed by atoms with Gasteiger partial charge in [0.05, 0.1) is 0 Å². The van der Waals surface area contributed by atoms with Crippen LogP contribution in [0.5, 0.6) is 5.75 Å². The van der Waals surface area contributed by atoms with E-state index >= 15 is 0 Å². The molecule has 0 radical (unpaired) electrons. The highest BCUT2D eigenvalue weighted by Crippen LogP contribution is 2.45. The van der Waals surface area contributed by atoms with Crippen molar-refractivity contribution in [2.75, 3.05) is 0 Å². The van der Waals surface area contributed by atoms with E-state index in [1.807, 2.05) is 0 Å². The van der Waals surface area contributed by atoms with Gasteiger partial charge in [-0.2, -0.15) is 0 Å². The summed E-state index contributed by atoms with van der Waals surface area (Å²) in [4.78, 5) is 0. The van der Waals surface area contributed by atoms with Crippen LogP contribution in [0.2, 0.25) is 0 Å². The second-order valence-corrected chi connectivity index (χ2v) is 5.51. The van der Waals surface area contributed by atoms with E-state index in [9.17, 15) is 0 Å². The molecule has 0 bridgehead atoms. The van der Waals surface area contributed by atoms with E-state index in [1.54, 1.807) is 0 Å². The third kappa shape index (κ3) is 1.95. The minimum Gasteiger partial charge on any atom is -0.489 e. The number of hydrogen-bond donors (Lipinski definition) is 1. The molecule has 0 aromatic heterocycles. The first-order chi connectivity index (χ1) is 7.99. The summed E-state index contributed by atoms with van der Waals surface area (Å²) in [7, 11) is 0. The van der Waals surface area contributed by atoms with Crippen LogP contribution in [0.15, 0.2) is 18.2 Å². The molecule has 17 heavy (non-hydrogen) atoms. The standard InChI is InChI=1S/C15H23NO/c1-5-15(4)13(16)9-14(15)17-12-8-6-7-10(2)11(12)3/h6-8,13-14H,5,9,16H2,1-4H3. The SMILES string of the molecule is CCC1(C)C(N)CC1Oc1cccc(C)c1C. The number of hydrogen-bond acceptors (Lipinski definition) is 2. The van der Waals surface area contributed by atoms with E-state index in [2.05, 4.69) is 45.9 Å². The van der Waals surface area contributed by atoms with Gasteiger partial charge >= 0.3 is 0 Å². The largest absolute Gasteiger partial charge is 0.489 e. The molecule has 1 fully saturated rings. The Hall–Kier alpha value is -1.02. The Labute approximate surface area is 104 Å². The lowest BCUT2D eigenvalue weighted by atomic mass is 9.62. The molecule has 2 nitrogen and oxygen atoms in total. The van der Waals surface area contributed by atoms with E-state index in [1.165, 1.54) is 11.1 Å². The number of rotatable bonds is 3. The molecule has 2 rings (SSSR count). The maximum Gasteiger partial charge on any atom is 0.122 e. The van der Waals surface area contributed by atoms with Crippen LogP contribution in [-0.4, -0.2) is 12.1 Å². The van der Waals surface area contributed by atoms with Crippen LogP contribution in [0.4, 0.5) is 0 Å². The molecular formula is C15H23NO. The van der Waals surface area contributed by atoms with Crippen molar-refractivity contribution in [1.29, 1.82) is 0 Å². The summed E-state index contributed by atoms with van der Waals surface area (Å²) in [6.07, 6.45) is 2.31. The lowest BCUT2D eigenvalue weighted by Gasteiger charge is -2.51. The fourth-order valence-electron chi connectivity index (χ4n) is 2.53. The predicted molar refractivity (Wildman–Crippen MR) is 71.3 cm³/mol. The van der Waals surface area contributed by atoms with Gasteiger partial charge in [-0.25, -0.2) is 0 Å². The molecule has 0 aliphatic heterocycles. The Balaban J connectivity index is 2.15. The molecule has 0 heterocycles. The van der Waals surface area contributed by atoms with E-state index in [0.29, 0.717) is 0 Å². The highest BCUT2D eigenvalue weighted by atomic mass is 16.5. The molecule has 0 saturated heterocycles. The van der Waals surface area contributed by atoms with Crippen molar-refractivity contribution in [3.63, 3.8) is 0 Å². The molecular weight excluding hydrogens is 210 g/mol. The van der Waals surface area contributed by atoms with Crippen molar-refractivity contribution in [2.45, 2.75) is 52.7 Å². The minimum absolute atomic E-state index is 0.135. The summed E-state index contributed by atoms with van der Waals surface area (Å²) in [6.45, 7) is 8.66. The molecule has 1 aromatic rings. The summed E-state index contributed by atoms with van der Waals surface area (Å²) in [6, 6.07) is 6.51. The molecule has 3 unspecified atom stereocenters. The van der Waals surface area contributed by atoms with Gasteiger partial charge in [0.1, 0.15) is 11.9 Å². The molecule has 0 spiro atoms. The third-order valence-electron chi connectivity index (χ3n) is 4.64. The first-order valence-electron chi connectivity index (χ1n) is 6.47. The second kappa shape index (κ2) is 4.34. The maximum atomic E-state index is 6.16. The van der Waals surface area contributed by atoms with E-state index in [4.69, 9.17) is 10.5 Å². The zero-order valence-corrected chi connectivity index (χ0v) is 11.3. The molecule has 2 N–H and O–H groups in total. The predicted octanol–water partition coefficient (Wildman–Crippen LogP) is 3.20. The van der Waals surface area contributed by atoms with Gasteiger partial charge in [-0.1, -0.05) is 26.0 Å². The van der Waals surface area contributed by atoms with E-state index in [0.717, 1.165) is 18.6 Å². The van der Waals surface area contributed by atoms with Gasteiger partial charge in [-0.15, -0.1) is 0 Å². The number of benzene rings is 1. The normalized spacial score (nSPS) is 32.1. The molecule has 2 heteroatoms. The first-order valence-corrected chi connectivity index (χ1v) is 6.47. The van der Waals surface area contributed by atoms with Crippen LogP contribution in [0.3, 0.4) is 0 Å². The number of aryl methyl sites for hydroxylation is 1. The first kappa shape index (κ1) is 12.4. The van der Waals surface area contributed by atoms with Crippen molar-refractivity contribution in [2.24, 2.45) is 11.1 Å². The lowest BCUT2D eigenvalue weighted by molar-refractivity contribution is -0.0563. The molecule has 94 valence electrons. The van der Waals surface area contributed by atoms with Gasteiger partial charge in [0.15, 0.2) is 0 Å². The Morgan fingerprint density at radius 2 is 2.12 bits per heavy atom. The zero-order valence-electron chi connectivity index (χ0n) is 11.3. The summed E-state index contributed by atoms with van der Waals surface area (Å²) in [5.74, 6) is 1.02.